The number of H-pyrrole nitrogens is 1. The molecule has 1 aromatic heterocycles. The van der Waals surface area contributed by atoms with Gasteiger partial charge in [0.05, 0.1) is 12.7 Å². The molecule has 1 fully saturated rings. The van der Waals surface area contributed by atoms with Crippen LogP contribution >= 0.6 is 22.6 Å². The molecule has 2 N–H and O–H groups in total. The van der Waals surface area contributed by atoms with Crippen molar-refractivity contribution in [3.63, 3.8) is 0 Å². The standard InChI is InChI=1S/C16H25N2O10P3/c1-6-7-11-9-18(16(21)17-15(11)20)14-8-12(19)13(26-14)10-25-30(4,23)28-31(5,24)27-29(2,3)22/h9,12-14,19H,8,10H2,1-5H3,(H,17,20,21). The van der Waals surface area contributed by atoms with Crippen LogP contribution in [0.1, 0.15) is 25.1 Å². The number of aromatic nitrogens is 2. The van der Waals surface area contributed by atoms with Gasteiger partial charge in [-0.15, -0.1) is 5.92 Å². The van der Waals surface area contributed by atoms with Gasteiger partial charge in [0.25, 0.3) is 5.56 Å². The summed E-state index contributed by atoms with van der Waals surface area (Å²) in [4.78, 5) is 26.0. The summed E-state index contributed by atoms with van der Waals surface area (Å²) in [5.74, 6) is 5.12. The molecule has 0 radical (unpaired) electrons. The monoisotopic (exact) mass is 498 g/mol. The molecule has 0 bridgehead atoms. The van der Waals surface area contributed by atoms with Gasteiger partial charge >= 0.3 is 20.9 Å². The highest BCUT2D eigenvalue weighted by atomic mass is 31.3. The molecular weight excluding hydrogens is 473 g/mol. The molecule has 12 nitrogen and oxygen atoms in total. The molecule has 1 saturated heterocycles. The first-order chi connectivity index (χ1) is 14.1. The molecule has 1 aliphatic heterocycles. The second kappa shape index (κ2) is 9.70. The first-order valence-corrected chi connectivity index (χ1v) is 15.5. The smallest absolute Gasteiger partial charge is 0.340 e. The third-order valence-electron chi connectivity index (χ3n) is 3.86. The molecular formula is C16H25N2O10P3. The zero-order valence-corrected chi connectivity index (χ0v) is 20.3. The van der Waals surface area contributed by atoms with Crippen LogP contribution < -0.4 is 11.2 Å². The SMILES string of the molecule is CC#Cc1cn(C2CC(O)C(COP(C)(=O)OP(C)(=O)OP(C)(C)=O)O2)c(=O)[nH]c1=O. The van der Waals surface area contributed by atoms with E-state index in [4.69, 9.17) is 17.9 Å². The Morgan fingerprint density at radius 2 is 1.84 bits per heavy atom. The fraction of sp³-hybridized carbons (Fsp3) is 0.625. The van der Waals surface area contributed by atoms with Gasteiger partial charge in [-0.25, -0.2) is 9.11 Å². The van der Waals surface area contributed by atoms with Gasteiger partial charge in [0, 0.05) is 39.3 Å². The van der Waals surface area contributed by atoms with E-state index >= 15 is 0 Å². The van der Waals surface area contributed by atoms with Crippen molar-refractivity contribution in [3.05, 3.63) is 32.6 Å². The van der Waals surface area contributed by atoms with Crippen molar-refractivity contribution in [1.82, 2.24) is 9.55 Å². The van der Waals surface area contributed by atoms with Gasteiger partial charge in [0.1, 0.15) is 17.9 Å². The van der Waals surface area contributed by atoms with Crippen LogP contribution in [0.25, 0.3) is 0 Å². The summed E-state index contributed by atoms with van der Waals surface area (Å²) < 4.78 is 58.1. The first-order valence-electron chi connectivity index (χ1n) is 9.01. The molecule has 2 heterocycles. The first kappa shape index (κ1) is 26.0. The normalized spacial score (nSPS) is 25.3. The molecule has 2 rings (SSSR count). The lowest BCUT2D eigenvalue weighted by Crippen LogP contribution is -2.33. The van der Waals surface area contributed by atoms with E-state index in [2.05, 4.69) is 16.8 Å². The molecule has 31 heavy (non-hydrogen) atoms. The zero-order chi connectivity index (χ0) is 23.6. The Hall–Kier alpha value is -1.27. The maximum Gasteiger partial charge on any atom is 0.340 e. The molecule has 15 heteroatoms. The van der Waals surface area contributed by atoms with Crippen molar-refractivity contribution in [2.45, 2.75) is 31.8 Å². The molecule has 0 saturated carbocycles. The fourth-order valence-electron chi connectivity index (χ4n) is 2.83. The number of ether oxygens (including phenoxy) is 1. The van der Waals surface area contributed by atoms with Gasteiger partial charge in [-0.2, -0.15) is 0 Å². The summed E-state index contributed by atoms with van der Waals surface area (Å²) >= 11 is 0. The van der Waals surface area contributed by atoms with E-state index in [1.54, 1.807) is 0 Å². The highest BCUT2D eigenvalue weighted by molar-refractivity contribution is 7.73. The third-order valence-corrected chi connectivity index (χ3v) is 9.61. The minimum atomic E-state index is -3.94. The largest absolute Gasteiger partial charge is 0.390 e. The van der Waals surface area contributed by atoms with Gasteiger partial charge in [-0.3, -0.25) is 32.4 Å². The van der Waals surface area contributed by atoms with Crippen molar-refractivity contribution >= 4 is 22.6 Å². The lowest BCUT2D eigenvalue weighted by atomic mass is 10.2. The van der Waals surface area contributed by atoms with E-state index < -0.39 is 58.9 Å². The Kier molecular flexibility index (Phi) is 8.13. The quantitative estimate of drug-likeness (QED) is 0.399. The van der Waals surface area contributed by atoms with Crippen LogP contribution in [0.15, 0.2) is 15.8 Å². The van der Waals surface area contributed by atoms with Crippen LogP contribution in [-0.4, -0.2) is 60.1 Å². The maximum atomic E-state index is 12.5. The van der Waals surface area contributed by atoms with E-state index in [1.807, 2.05) is 0 Å². The van der Waals surface area contributed by atoms with Gasteiger partial charge < -0.3 is 14.4 Å². The summed E-state index contributed by atoms with van der Waals surface area (Å²) in [6.07, 6.45) is -1.82. The van der Waals surface area contributed by atoms with Crippen molar-refractivity contribution in [2.75, 3.05) is 33.3 Å². The van der Waals surface area contributed by atoms with Crippen LogP contribution in [0.5, 0.6) is 0 Å². The van der Waals surface area contributed by atoms with Crippen LogP contribution in [0.4, 0.5) is 0 Å². The fourth-order valence-corrected chi connectivity index (χ4v) is 8.84. The molecule has 174 valence electrons. The third kappa shape index (κ3) is 7.67. The number of nitrogens with one attached hydrogen (secondary N) is 1. The summed E-state index contributed by atoms with van der Waals surface area (Å²) in [6, 6.07) is 0. The van der Waals surface area contributed by atoms with Crippen molar-refractivity contribution < 1.29 is 36.7 Å². The maximum absolute atomic E-state index is 12.5. The Labute approximate surface area is 178 Å². The van der Waals surface area contributed by atoms with Gasteiger partial charge in [-0.05, 0) is 6.92 Å². The molecule has 0 aliphatic carbocycles. The van der Waals surface area contributed by atoms with E-state index in [-0.39, 0.29) is 12.0 Å². The number of aliphatic hydroxyl groups excluding tert-OH is 1. The number of nitrogens with zero attached hydrogens (tertiary/aromatic N) is 1. The molecule has 5 unspecified atom stereocenters. The Morgan fingerprint density at radius 1 is 1.19 bits per heavy atom. The predicted molar refractivity (Wildman–Crippen MR) is 113 cm³/mol. The molecule has 0 amide bonds. The van der Waals surface area contributed by atoms with Gasteiger partial charge in [0.2, 0.25) is 7.37 Å². The molecule has 1 aromatic rings. The Balaban J connectivity index is 2.08. The van der Waals surface area contributed by atoms with Crippen molar-refractivity contribution in [3.8, 4) is 11.8 Å². The summed E-state index contributed by atoms with van der Waals surface area (Å²) in [5, 5.41) is 10.3. The topological polar surface area (TPSA) is 163 Å². The van der Waals surface area contributed by atoms with Gasteiger partial charge in [-0.1, -0.05) is 5.92 Å². The van der Waals surface area contributed by atoms with Crippen molar-refractivity contribution in [2.24, 2.45) is 0 Å². The summed E-state index contributed by atoms with van der Waals surface area (Å²) in [6.45, 7) is 5.64. The molecule has 0 aromatic carbocycles. The van der Waals surface area contributed by atoms with Crippen molar-refractivity contribution in [1.29, 1.82) is 0 Å². The minimum absolute atomic E-state index is 0.0158. The van der Waals surface area contributed by atoms with E-state index in [9.17, 15) is 28.4 Å². The summed E-state index contributed by atoms with van der Waals surface area (Å²) in [7, 11) is -11.1. The number of aromatic amines is 1. The lowest BCUT2D eigenvalue weighted by Gasteiger charge is -2.22. The second-order valence-electron chi connectivity index (χ2n) is 7.27. The van der Waals surface area contributed by atoms with Crippen LogP contribution in [0, 0.1) is 11.8 Å². The van der Waals surface area contributed by atoms with Crippen LogP contribution in [0.3, 0.4) is 0 Å². The van der Waals surface area contributed by atoms with E-state index in [0.717, 1.165) is 17.9 Å². The molecule has 1 aliphatic rings. The molecule has 5 atom stereocenters. The van der Waals surface area contributed by atoms with Gasteiger partial charge in [0.15, 0.2) is 0 Å². The Bertz CT molecular complexity index is 1140. The average Bonchev–Trinajstić information content (AvgIpc) is 2.93. The van der Waals surface area contributed by atoms with Crippen LogP contribution in [-0.2, 0) is 31.6 Å². The summed E-state index contributed by atoms with van der Waals surface area (Å²) in [5.41, 5.74) is -1.34. The minimum Gasteiger partial charge on any atom is -0.390 e. The highest BCUT2D eigenvalue weighted by Crippen LogP contribution is 2.67. The van der Waals surface area contributed by atoms with Crippen LogP contribution in [0.2, 0.25) is 0 Å². The Morgan fingerprint density at radius 3 is 2.42 bits per heavy atom. The number of rotatable bonds is 8. The molecule has 0 spiro atoms. The number of hydrogen-bond donors (Lipinski definition) is 2. The van der Waals surface area contributed by atoms with E-state index in [0.29, 0.717) is 0 Å². The average molecular weight is 498 g/mol. The number of aliphatic hydroxyl groups is 1. The predicted octanol–water partition coefficient (Wildman–Crippen LogP) is 1.79. The lowest BCUT2D eigenvalue weighted by molar-refractivity contribution is -0.0420. The van der Waals surface area contributed by atoms with E-state index in [1.165, 1.54) is 26.5 Å². The second-order valence-corrected chi connectivity index (χ2v) is 14.4. The highest BCUT2D eigenvalue weighted by Gasteiger charge is 2.39. The number of hydrogen-bond acceptors (Lipinski definition) is 10. The zero-order valence-electron chi connectivity index (χ0n) is 17.6.